The zero-order chi connectivity index (χ0) is 16.2. The number of nitrogens with zero attached hydrogens (tertiary/aromatic N) is 3. The summed E-state index contributed by atoms with van der Waals surface area (Å²) >= 11 is 0. The van der Waals surface area contributed by atoms with E-state index in [2.05, 4.69) is 27.1 Å². The minimum absolute atomic E-state index is 0.143. The maximum Gasteiger partial charge on any atom is 0.274 e. The van der Waals surface area contributed by atoms with Crippen molar-refractivity contribution < 1.29 is 9.18 Å². The van der Waals surface area contributed by atoms with Crippen LogP contribution in [0.2, 0.25) is 0 Å². The predicted molar refractivity (Wildman–Crippen MR) is 87.0 cm³/mol. The number of hydrogen-bond acceptors (Lipinski definition) is 4. The van der Waals surface area contributed by atoms with E-state index in [1.807, 2.05) is 0 Å². The largest absolute Gasteiger partial charge is 0.341 e. The Hall–Kier alpha value is -2.50. The molecule has 0 saturated carbocycles. The fraction of sp³-hybridized carbons (Fsp3) is 0.353. The highest BCUT2D eigenvalue weighted by Gasteiger charge is 2.19. The molecule has 0 atom stereocenters. The Kier molecular flexibility index (Phi) is 4.50. The van der Waals surface area contributed by atoms with Gasteiger partial charge >= 0.3 is 0 Å². The first kappa shape index (κ1) is 15.4. The van der Waals surface area contributed by atoms with E-state index in [1.165, 1.54) is 18.2 Å². The molecule has 2 aromatic rings. The third kappa shape index (κ3) is 3.64. The zero-order valence-corrected chi connectivity index (χ0v) is 13.0. The molecule has 1 aromatic carbocycles. The van der Waals surface area contributed by atoms with Gasteiger partial charge in [0.25, 0.3) is 5.91 Å². The number of amides is 1. The van der Waals surface area contributed by atoms with Crippen LogP contribution in [0.15, 0.2) is 36.5 Å². The van der Waals surface area contributed by atoms with Crippen LogP contribution in [-0.4, -0.2) is 29.0 Å². The van der Waals surface area contributed by atoms with Gasteiger partial charge in [0.15, 0.2) is 0 Å². The van der Waals surface area contributed by atoms with Crippen LogP contribution in [-0.2, 0) is 0 Å². The summed E-state index contributed by atoms with van der Waals surface area (Å²) in [5, 5.41) is 2.54. The molecule has 1 aliphatic rings. The molecular weight excluding hydrogens is 295 g/mol. The molecule has 2 heterocycles. The molecule has 1 N–H and O–H groups in total. The van der Waals surface area contributed by atoms with Crippen molar-refractivity contribution in [1.29, 1.82) is 0 Å². The van der Waals surface area contributed by atoms with Crippen LogP contribution in [0.25, 0.3) is 0 Å². The van der Waals surface area contributed by atoms with Crippen molar-refractivity contribution in [3.05, 3.63) is 48.0 Å². The first-order valence-electron chi connectivity index (χ1n) is 7.77. The molecular formula is C17H19FN4O. The number of carbonyl (C=O) groups is 1. The highest BCUT2D eigenvalue weighted by Crippen LogP contribution is 2.20. The van der Waals surface area contributed by atoms with E-state index in [-0.39, 0.29) is 11.4 Å². The van der Waals surface area contributed by atoms with Gasteiger partial charge in [0.05, 0.1) is 5.69 Å². The molecule has 1 saturated heterocycles. The molecule has 0 unspecified atom stereocenters. The summed E-state index contributed by atoms with van der Waals surface area (Å²) in [7, 11) is 0. The van der Waals surface area contributed by atoms with E-state index >= 15 is 0 Å². The van der Waals surface area contributed by atoms with Crippen LogP contribution in [0.5, 0.6) is 0 Å². The van der Waals surface area contributed by atoms with Gasteiger partial charge in [0.1, 0.15) is 11.5 Å². The highest BCUT2D eigenvalue weighted by atomic mass is 19.1. The predicted octanol–water partition coefficient (Wildman–Crippen LogP) is 3.10. The van der Waals surface area contributed by atoms with E-state index in [9.17, 15) is 9.18 Å². The summed E-state index contributed by atoms with van der Waals surface area (Å²) in [6, 6.07) is 7.59. The van der Waals surface area contributed by atoms with Gasteiger partial charge in [0, 0.05) is 19.3 Å². The number of rotatable bonds is 3. The van der Waals surface area contributed by atoms with Gasteiger partial charge in [0.2, 0.25) is 5.95 Å². The van der Waals surface area contributed by atoms with Gasteiger partial charge in [-0.1, -0.05) is 19.1 Å². The number of halogens is 1. The number of piperidine rings is 1. The minimum atomic E-state index is -0.472. The van der Waals surface area contributed by atoms with Crippen molar-refractivity contribution >= 4 is 17.5 Å². The number of nitrogens with one attached hydrogen (secondary N) is 1. The summed E-state index contributed by atoms with van der Waals surface area (Å²) in [6.07, 6.45) is 3.75. The lowest BCUT2D eigenvalue weighted by molar-refractivity contribution is 0.102. The highest BCUT2D eigenvalue weighted by molar-refractivity contribution is 6.03. The smallest absolute Gasteiger partial charge is 0.274 e. The van der Waals surface area contributed by atoms with Gasteiger partial charge in [-0.2, -0.15) is 0 Å². The summed E-state index contributed by atoms with van der Waals surface area (Å²) in [6.45, 7) is 4.01. The summed E-state index contributed by atoms with van der Waals surface area (Å²) in [5.74, 6) is 0.348. The topological polar surface area (TPSA) is 58.1 Å². The second-order valence-corrected chi connectivity index (χ2v) is 5.85. The van der Waals surface area contributed by atoms with E-state index in [0.717, 1.165) is 25.9 Å². The number of anilines is 2. The lowest BCUT2D eigenvalue weighted by Gasteiger charge is -2.30. The molecule has 0 spiro atoms. The molecule has 6 heteroatoms. The zero-order valence-electron chi connectivity index (χ0n) is 13.0. The lowest BCUT2D eigenvalue weighted by atomic mass is 10.00. The fourth-order valence-corrected chi connectivity index (χ4v) is 2.58. The van der Waals surface area contributed by atoms with Gasteiger partial charge in [-0.3, -0.25) is 4.79 Å². The maximum atomic E-state index is 13.6. The number of carbonyl (C=O) groups excluding carboxylic acids is 1. The molecule has 5 nitrogen and oxygen atoms in total. The number of para-hydroxylation sites is 1. The fourth-order valence-electron chi connectivity index (χ4n) is 2.58. The first-order chi connectivity index (χ1) is 11.1. The van der Waals surface area contributed by atoms with Gasteiger partial charge in [-0.15, -0.1) is 0 Å². The van der Waals surface area contributed by atoms with Crippen molar-refractivity contribution in [2.75, 3.05) is 23.3 Å². The first-order valence-corrected chi connectivity index (χ1v) is 7.77. The van der Waals surface area contributed by atoms with Gasteiger partial charge in [-0.05, 0) is 37.0 Å². The third-order valence-corrected chi connectivity index (χ3v) is 4.06. The molecule has 23 heavy (non-hydrogen) atoms. The average molecular weight is 314 g/mol. The van der Waals surface area contributed by atoms with Crippen molar-refractivity contribution in [1.82, 2.24) is 9.97 Å². The normalized spacial score (nSPS) is 15.5. The average Bonchev–Trinajstić information content (AvgIpc) is 2.58. The van der Waals surface area contributed by atoms with E-state index in [1.54, 1.807) is 18.3 Å². The second-order valence-electron chi connectivity index (χ2n) is 5.85. The number of hydrogen-bond donors (Lipinski definition) is 1. The third-order valence-electron chi connectivity index (χ3n) is 4.06. The minimum Gasteiger partial charge on any atom is -0.341 e. The van der Waals surface area contributed by atoms with E-state index in [4.69, 9.17) is 0 Å². The van der Waals surface area contributed by atoms with E-state index in [0.29, 0.717) is 11.9 Å². The molecule has 1 fully saturated rings. The van der Waals surface area contributed by atoms with Crippen molar-refractivity contribution in [2.24, 2.45) is 5.92 Å². The number of benzene rings is 1. The van der Waals surface area contributed by atoms with Crippen LogP contribution in [0.4, 0.5) is 16.0 Å². The SMILES string of the molecule is CC1CCN(c2nccc(C(=O)Nc3ccccc3F)n2)CC1. The monoisotopic (exact) mass is 314 g/mol. The summed E-state index contributed by atoms with van der Waals surface area (Å²) in [4.78, 5) is 22.9. The summed E-state index contributed by atoms with van der Waals surface area (Å²) < 4.78 is 13.6. The van der Waals surface area contributed by atoms with Crippen LogP contribution in [0.1, 0.15) is 30.3 Å². The Bertz CT molecular complexity index is 698. The van der Waals surface area contributed by atoms with Crippen LogP contribution < -0.4 is 10.2 Å². The molecule has 1 aliphatic heterocycles. The Morgan fingerprint density at radius 1 is 1.26 bits per heavy atom. The van der Waals surface area contributed by atoms with E-state index < -0.39 is 11.7 Å². The molecule has 0 radical (unpaired) electrons. The molecule has 3 rings (SSSR count). The lowest BCUT2D eigenvalue weighted by Crippen LogP contribution is -2.34. The molecule has 1 amide bonds. The second kappa shape index (κ2) is 6.73. The van der Waals surface area contributed by atoms with Gasteiger partial charge < -0.3 is 10.2 Å². The van der Waals surface area contributed by atoms with Gasteiger partial charge in [-0.25, -0.2) is 14.4 Å². The van der Waals surface area contributed by atoms with Crippen LogP contribution in [0, 0.1) is 11.7 Å². The van der Waals surface area contributed by atoms with Crippen LogP contribution in [0.3, 0.4) is 0 Å². The Morgan fingerprint density at radius 2 is 2.00 bits per heavy atom. The Balaban J connectivity index is 1.74. The van der Waals surface area contributed by atoms with Crippen molar-refractivity contribution in [3.8, 4) is 0 Å². The van der Waals surface area contributed by atoms with Crippen LogP contribution >= 0.6 is 0 Å². The summed E-state index contributed by atoms with van der Waals surface area (Å²) in [5.41, 5.74) is 0.376. The molecule has 1 aromatic heterocycles. The molecule has 0 aliphatic carbocycles. The quantitative estimate of drug-likeness (QED) is 0.946. The number of aromatic nitrogens is 2. The Morgan fingerprint density at radius 3 is 2.74 bits per heavy atom. The molecule has 120 valence electrons. The molecule has 0 bridgehead atoms. The maximum absolute atomic E-state index is 13.6. The van der Waals surface area contributed by atoms with Crippen molar-refractivity contribution in [3.63, 3.8) is 0 Å². The standard InChI is InChI=1S/C17H19FN4O/c1-12-7-10-22(11-8-12)17-19-9-6-15(21-17)16(23)20-14-5-3-2-4-13(14)18/h2-6,9,12H,7-8,10-11H2,1H3,(H,20,23). The van der Waals surface area contributed by atoms with Crippen molar-refractivity contribution in [2.45, 2.75) is 19.8 Å². The Labute approximate surface area is 134 Å².